The molecule has 0 radical (unpaired) electrons. The largest absolute Gasteiger partial charge is 0.505 e. The van der Waals surface area contributed by atoms with Crippen molar-refractivity contribution in [2.45, 2.75) is 32.1 Å². The van der Waals surface area contributed by atoms with Gasteiger partial charge in [-0.15, -0.1) is 0 Å². The summed E-state index contributed by atoms with van der Waals surface area (Å²) in [5.74, 6) is -0.402. The Morgan fingerprint density at radius 3 is 2.94 bits per heavy atom. The highest BCUT2D eigenvalue weighted by Crippen LogP contribution is 2.33. The molecule has 16 heavy (non-hydrogen) atoms. The van der Waals surface area contributed by atoms with Crippen molar-refractivity contribution in [1.82, 2.24) is 5.32 Å². The van der Waals surface area contributed by atoms with Crippen LogP contribution >= 0.6 is 0 Å². The molecule has 1 saturated heterocycles. The number of rotatable bonds is 2. The first-order valence-corrected chi connectivity index (χ1v) is 5.94. The molecule has 2 N–H and O–H groups in total. The second-order valence-corrected chi connectivity index (χ2v) is 4.41. The molecule has 0 aliphatic carbocycles. The number of hydrogen-bond acceptors (Lipinski definition) is 2. The molecule has 1 aliphatic rings. The van der Waals surface area contributed by atoms with Crippen LogP contribution in [0.3, 0.4) is 0 Å². The van der Waals surface area contributed by atoms with Gasteiger partial charge in [-0.2, -0.15) is 0 Å². The highest BCUT2D eigenvalue weighted by molar-refractivity contribution is 5.40. The van der Waals surface area contributed by atoms with E-state index in [0.717, 1.165) is 43.5 Å². The normalized spacial score (nSPS) is 21.0. The van der Waals surface area contributed by atoms with Crippen molar-refractivity contribution in [3.8, 4) is 5.75 Å². The Kier molecular flexibility index (Phi) is 3.44. The maximum absolute atomic E-state index is 13.5. The van der Waals surface area contributed by atoms with E-state index < -0.39 is 5.82 Å². The summed E-state index contributed by atoms with van der Waals surface area (Å²) in [6.45, 7) is 3.85. The smallest absolute Gasteiger partial charge is 0.165 e. The molecule has 88 valence electrons. The molecule has 0 bridgehead atoms. The van der Waals surface area contributed by atoms with Gasteiger partial charge in [0.05, 0.1) is 0 Å². The second kappa shape index (κ2) is 4.83. The molecule has 1 heterocycles. The summed E-state index contributed by atoms with van der Waals surface area (Å²) in [6, 6.07) is 3.37. The topological polar surface area (TPSA) is 32.3 Å². The first-order chi connectivity index (χ1) is 7.72. The average Bonchev–Trinajstić information content (AvgIpc) is 2.33. The number of phenols is 1. The van der Waals surface area contributed by atoms with E-state index in [1.807, 2.05) is 13.0 Å². The molecule has 1 aromatic rings. The minimum absolute atomic E-state index is 0.161. The van der Waals surface area contributed by atoms with Crippen LogP contribution in [0.2, 0.25) is 0 Å². The predicted molar refractivity (Wildman–Crippen MR) is 62.3 cm³/mol. The number of halogens is 1. The van der Waals surface area contributed by atoms with Crippen molar-refractivity contribution in [3.63, 3.8) is 0 Å². The fourth-order valence-corrected chi connectivity index (χ4v) is 2.31. The van der Waals surface area contributed by atoms with Crippen molar-refractivity contribution >= 4 is 0 Å². The van der Waals surface area contributed by atoms with Crippen LogP contribution in [0.15, 0.2) is 12.1 Å². The monoisotopic (exact) mass is 223 g/mol. The average molecular weight is 223 g/mol. The molecule has 1 aliphatic heterocycles. The van der Waals surface area contributed by atoms with Crippen molar-refractivity contribution in [2.75, 3.05) is 13.1 Å². The maximum atomic E-state index is 13.5. The summed E-state index contributed by atoms with van der Waals surface area (Å²) in [5, 5.41) is 13.1. The quantitative estimate of drug-likeness (QED) is 0.807. The number of benzene rings is 1. The van der Waals surface area contributed by atoms with Crippen LogP contribution in [0.5, 0.6) is 5.75 Å². The standard InChI is InChI=1S/C13H18FNO/c1-2-9-6-11(13(16)12(14)7-9)10-4-3-5-15-8-10/h6-7,10,15-16H,2-5,8H2,1H3. The van der Waals surface area contributed by atoms with E-state index in [-0.39, 0.29) is 11.7 Å². The Balaban J connectivity index is 2.33. The molecule has 2 rings (SSSR count). The zero-order valence-corrected chi connectivity index (χ0v) is 9.59. The van der Waals surface area contributed by atoms with Crippen molar-refractivity contribution in [2.24, 2.45) is 0 Å². The van der Waals surface area contributed by atoms with E-state index in [2.05, 4.69) is 5.32 Å². The highest BCUT2D eigenvalue weighted by Gasteiger charge is 2.20. The number of phenolic OH excluding ortho intramolecular Hbond substituents is 1. The number of aryl methyl sites for hydroxylation is 1. The van der Waals surface area contributed by atoms with Gasteiger partial charge in [-0.3, -0.25) is 0 Å². The number of hydrogen-bond donors (Lipinski definition) is 2. The molecule has 0 aromatic heterocycles. The van der Waals surface area contributed by atoms with Gasteiger partial charge in [0.25, 0.3) is 0 Å². The van der Waals surface area contributed by atoms with Crippen LogP contribution in [-0.4, -0.2) is 18.2 Å². The third-order valence-electron chi connectivity index (χ3n) is 3.30. The Hall–Kier alpha value is -1.09. The van der Waals surface area contributed by atoms with Crippen LogP contribution in [-0.2, 0) is 6.42 Å². The summed E-state index contributed by atoms with van der Waals surface area (Å²) in [5.41, 5.74) is 1.72. The lowest BCUT2D eigenvalue weighted by atomic mass is 9.89. The molecular formula is C13H18FNO. The van der Waals surface area contributed by atoms with Gasteiger partial charge in [0.1, 0.15) is 0 Å². The Bertz CT molecular complexity index is 372. The zero-order valence-electron chi connectivity index (χ0n) is 9.59. The number of aromatic hydroxyl groups is 1. The Morgan fingerprint density at radius 2 is 2.31 bits per heavy atom. The molecule has 0 saturated carbocycles. The molecular weight excluding hydrogens is 205 g/mol. The van der Waals surface area contributed by atoms with Crippen LogP contribution < -0.4 is 5.32 Å². The zero-order chi connectivity index (χ0) is 11.5. The van der Waals surface area contributed by atoms with Crippen molar-refractivity contribution in [1.29, 1.82) is 0 Å². The van der Waals surface area contributed by atoms with E-state index in [1.54, 1.807) is 0 Å². The van der Waals surface area contributed by atoms with E-state index in [1.165, 1.54) is 6.07 Å². The molecule has 0 amide bonds. The van der Waals surface area contributed by atoms with Gasteiger partial charge < -0.3 is 10.4 Å². The molecule has 1 unspecified atom stereocenters. The van der Waals surface area contributed by atoms with Crippen LogP contribution in [0.4, 0.5) is 4.39 Å². The minimum atomic E-state index is -0.486. The lowest BCUT2D eigenvalue weighted by Crippen LogP contribution is -2.28. The summed E-state index contributed by atoms with van der Waals surface area (Å²) in [6.07, 6.45) is 2.90. The fraction of sp³-hybridized carbons (Fsp3) is 0.538. The van der Waals surface area contributed by atoms with E-state index in [9.17, 15) is 9.50 Å². The minimum Gasteiger partial charge on any atom is -0.505 e. The van der Waals surface area contributed by atoms with Gasteiger partial charge in [-0.25, -0.2) is 4.39 Å². The SMILES string of the molecule is CCc1cc(F)c(O)c(C2CCCNC2)c1. The molecule has 0 spiro atoms. The van der Waals surface area contributed by atoms with Crippen molar-refractivity contribution < 1.29 is 9.50 Å². The van der Waals surface area contributed by atoms with Gasteiger partial charge in [0, 0.05) is 18.0 Å². The number of piperidine rings is 1. The lowest BCUT2D eigenvalue weighted by Gasteiger charge is -2.24. The van der Waals surface area contributed by atoms with Gasteiger partial charge in [-0.1, -0.05) is 13.0 Å². The molecule has 1 aromatic carbocycles. The third-order valence-corrected chi connectivity index (χ3v) is 3.30. The van der Waals surface area contributed by atoms with E-state index in [4.69, 9.17) is 0 Å². The van der Waals surface area contributed by atoms with Crippen molar-refractivity contribution in [3.05, 3.63) is 29.1 Å². The van der Waals surface area contributed by atoms with Crippen LogP contribution in [0.25, 0.3) is 0 Å². The number of nitrogens with one attached hydrogen (secondary N) is 1. The maximum Gasteiger partial charge on any atom is 0.165 e. The third kappa shape index (κ3) is 2.19. The van der Waals surface area contributed by atoms with Gasteiger partial charge >= 0.3 is 0 Å². The highest BCUT2D eigenvalue weighted by atomic mass is 19.1. The first kappa shape index (κ1) is 11.4. The van der Waals surface area contributed by atoms with E-state index >= 15 is 0 Å². The summed E-state index contributed by atoms with van der Waals surface area (Å²) < 4.78 is 13.5. The lowest BCUT2D eigenvalue weighted by molar-refractivity contribution is 0.400. The van der Waals surface area contributed by atoms with E-state index in [0.29, 0.717) is 0 Å². The molecule has 1 atom stereocenters. The molecule has 1 fully saturated rings. The Morgan fingerprint density at radius 1 is 1.50 bits per heavy atom. The van der Waals surface area contributed by atoms with Gasteiger partial charge in [0.2, 0.25) is 0 Å². The summed E-state index contributed by atoms with van der Waals surface area (Å²) in [7, 11) is 0. The van der Waals surface area contributed by atoms with Gasteiger partial charge in [0.15, 0.2) is 11.6 Å². The summed E-state index contributed by atoms with van der Waals surface area (Å²) >= 11 is 0. The predicted octanol–water partition coefficient (Wildman–Crippen LogP) is 2.56. The van der Waals surface area contributed by atoms with Gasteiger partial charge in [-0.05, 0) is 37.4 Å². The van der Waals surface area contributed by atoms with Crippen LogP contribution in [0, 0.1) is 5.82 Å². The fourth-order valence-electron chi connectivity index (χ4n) is 2.31. The summed E-state index contributed by atoms with van der Waals surface area (Å²) in [4.78, 5) is 0. The molecule has 3 heteroatoms. The first-order valence-electron chi connectivity index (χ1n) is 5.94. The van der Waals surface area contributed by atoms with Crippen LogP contribution in [0.1, 0.15) is 36.8 Å². The Labute approximate surface area is 95.5 Å². The second-order valence-electron chi connectivity index (χ2n) is 4.41. The molecule has 2 nitrogen and oxygen atoms in total.